The fourth-order valence-electron chi connectivity index (χ4n) is 2.85. The summed E-state index contributed by atoms with van der Waals surface area (Å²) in [4.78, 5) is 13.8. The van der Waals surface area contributed by atoms with Gasteiger partial charge in [0.25, 0.3) is 0 Å². The average Bonchev–Trinajstić information content (AvgIpc) is 3.00. The number of nitrogens with zero attached hydrogens (tertiary/aromatic N) is 1. The number of rotatable bonds is 3. The number of aliphatic hydroxyl groups is 1. The van der Waals surface area contributed by atoms with E-state index in [-0.39, 0.29) is 18.8 Å². The van der Waals surface area contributed by atoms with E-state index >= 15 is 0 Å². The summed E-state index contributed by atoms with van der Waals surface area (Å²) in [6.45, 7) is 6.92. The molecular weight excluding hydrogens is 326 g/mol. The van der Waals surface area contributed by atoms with Crippen LogP contribution in [0.4, 0.5) is 4.79 Å². The van der Waals surface area contributed by atoms with Gasteiger partial charge in [-0.25, -0.2) is 4.79 Å². The van der Waals surface area contributed by atoms with Crippen molar-refractivity contribution in [2.75, 3.05) is 26.5 Å². The lowest BCUT2D eigenvalue weighted by Gasteiger charge is -2.36. The number of hydrogen-bond donors (Lipinski definition) is 1. The first-order chi connectivity index (χ1) is 11.8. The Hall–Kier alpha value is -2.15. The van der Waals surface area contributed by atoms with Crippen molar-refractivity contribution in [3.63, 3.8) is 0 Å². The number of piperidine rings is 1. The zero-order chi connectivity index (χ0) is 18.0. The summed E-state index contributed by atoms with van der Waals surface area (Å²) in [7, 11) is 0. The van der Waals surface area contributed by atoms with Gasteiger partial charge in [0, 0.05) is 25.1 Å². The molecule has 7 heteroatoms. The van der Waals surface area contributed by atoms with E-state index in [2.05, 4.69) is 0 Å². The van der Waals surface area contributed by atoms with Crippen molar-refractivity contribution in [3.8, 4) is 17.2 Å². The molecule has 0 bridgehead atoms. The molecule has 1 aromatic carbocycles. The molecule has 2 heterocycles. The first-order valence-electron chi connectivity index (χ1n) is 8.50. The highest BCUT2D eigenvalue weighted by molar-refractivity contribution is 5.68. The molecule has 0 radical (unpaired) electrons. The third-order valence-corrected chi connectivity index (χ3v) is 4.15. The monoisotopic (exact) mass is 351 g/mol. The van der Waals surface area contributed by atoms with Crippen molar-refractivity contribution in [1.82, 2.24) is 4.90 Å². The Morgan fingerprint density at radius 3 is 2.84 bits per heavy atom. The Balaban J connectivity index is 1.56. The van der Waals surface area contributed by atoms with E-state index in [0.717, 1.165) is 0 Å². The van der Waals surface area contributed by atoms with Crippen LogP contribution < -0.4 is 14.2 Å². The predicted molar refractivity (Wildman–Crippen MR) is 90.0 cm³/mol. The molecule has 1 N–H and O–H groups in total. The van der Waals surface area contributed by atoms with E-state index in [4.69, 9.17) is 18.9 Å². The number of fused-ring (bicyclic) bond motifs is 1. The molecule has 7 nitrogen and oxygen atoms in total. The number of benzene rings is 1. The summed E-state index contributed by atoms with van der Waals surface area (Å²) in [6.07, 6.45) is -0.353. The first-order valence-corrected chi connectivity index (χ1v) is 8.50. The second-order valence-corrected chi connectivity index (χ2v) is 7.37. The minimum Gasteiger partial charge on any atom is -0.493 e. The van der Waals surface area contributed by atoms with E-state index < -0.39 is 11.7 Å². The number of likely N-dealkylation sites (tertiary alicyclic amines) is 1. The third-order valence-electron chi connectivity index (χ3n) is 4.15. The molecule has 2 aliphatic heterocycles. The highest BCUT2D eigenvalue weighted by atomic mass is 16.7. The number of carbonyl (C=O) groups is 1. The van der Waals surface area contributed by atoms with Crippen LogP contribution in [-0.4, -0.2) is 54.3 Å². The van der Waals surface area contributed by atoms with Crippen molar-refractivity contribution >= 4 is 6.09 Å². The lowest BCUT2D eigenvalue weighted by Crippen LogP contribution is -2.49. The number of aliphatic hydroxyl groups excluding tert-OH is 1. The van der Waals surface area contributed by atoms with Gasteiger partial charge in [-0.15, -0.1) is 0 Å². The molecule has 0 unspecified atom stereocenters. The van der Waals surface area contributed by atoms with Crippen LogP contribution in [0.15, 0.2) is 18.2 Å². The van der Waals surface area contributed by atoms with Gasteiger partial charge in [-0.3, -0.25) is 0 Å². The van der Waals surface area contributed by atoms with Crippen LogP contribution in [0.2, 0.25) is 0 Å². The van der Waals surface area contributed by atoms with E-state index in [0.29, 0.717) is 43.4 Å². The van der Waals surface area contributed by atoms with Crippen molar-refractivity contribution in [2.45, 2.75) is 38.9 Å². The molecule has 25 heavy (non-hydrogen) atoms. The normalized spacial score (nSPS) is 22.6. The summed E-state index contributed by atoms with van der Waals surface area (Å²) < 4.78 is 21.8. The summed E-state index contributed by atoms with van der Waals surface area (Å²) in [5.74, 6) is 1.82. The smallest absolute Gasteiger partial charge is 0.410 e. The first kappa shape index (κ1) is 17.7. The molecule has 3 rings (SSSR count). The molecule has 0 saturated carbocycles. The summed E-state index contributed by atoms with van der Waals surface area (Å²) in [6, 6.07) is 5.36. The number of amides is 1. The lowest BCUT2D eigenvalue weighted by atomic mass is 9.96. The van der Waals surface area contributed by atoms with Gasteiger partial charge < -0.3 is 29.0 Å². The Bertz CT molecular complexity index is 626. The fraction of sp³-hybridized carbons (Fsp3) is 0.611. The number of hydrogen-bond acceptors (Lipinski definition) is 6. The Morgan fingerprint density at radius 2 is 2.08 bits per heavy atom. The van der Waals surface area contributed by atoms with Crippen LogP contribution in [0.25, 0.3) is 0 Å². The second-order valence-electron chi connectivity index (χ2n) is 7.37. The van der Waals surface area contributed by atoms with Gasteiger partial charge in [0.05, 0.1) is 12.7 Å². The Labute approximate surface area is 147 Å². The van der Waals surface area contributed by atoms with Crippen LogP contribution >= 0.6 is 0 Å². The third kappa shape index (κ3) is 4.48. The van der Waals surface area contributed by atoms with Crippen molar-refractivity contribution in [2.24, 2.45) is 5.92 Å². The molecule has 1 amide bonds. The summed E-state index contributed by atoms with van der Waals surface area (Å²) in [5.41, 5.74) is -0.536. The highest BCUT2D eigenvalue weighted by Gasteiger charge is 2.33. The predicted octanol–water partition coefficient (Wildman–Crippen LogP) is 2.41. The fourth-order valence-corrected chi connectivity index (χ4v) is 2.85. The Morgan fingerprint density at radius 1 is 1.32 bits per heavy atom. The van der Waals surface area contributed by atoms with Crippen LogP contribution in [0.3, 0.4) is 0 Å². The Kier molecular flexibility index (Phi) is 4.94. The summed E-state index contributed by atoms with van der Waals surface area (Å²) >= 11 is 0. The van der Waals surface area contributed by atoms with Gasteiger partial charge >= 0.3 is 6.09 Å². The van der Waals surface area contributed by atoms with Crippen molar-refractivity contribution in [3.05, 3.63) is 18.2 Å². The second kappa shape index (κ2) is 7.00. The molecule has 2 atom stereocenters. The van der Waals surface area contributed by atoms with Gasteiger partial charge in [-0.2, -0.15) is 0 Å². The molecule has 1 saturated heterocycles. The molecule has 1 aromatic rings. The maximum Gasteiger partial charge on any atom is 0.410 e. The topological polar surface area (TPSA) is 77.5 Å². The van der Waals surface area contributed by atoms with Crippen LogP contribution in [0.1, 0.15) is 27.2 Å². The molecule has 1 fully saturated rings. The number of ether oxygens (including phenoxy) is 4. The average molecular weight is 351 g/mol. The van der Waals surface area contributed by atoms with Crippen molar-refractivity contribution < 1.29 is 28.8 Å². The highest BCUT2D eigenvalue weighted by Crippen LogP contribution is 2.35. The van der Waals surface area contributed by atoms with Gasteiger partial charge in [0.2, 0.25) is 6.79 Å². The largest absolute Gasteiger partial charge is 0.493 e. The minimum absolute atomic E-state index is 0.174. The summed E-state index contributed by atoms with van der Waals surface area (Å²) in [5, 5.41) is 10.2. The molecular formula is C18H25NO6. The van der Waals surface area contributed by atoms with E-state index in [9.17, 15) is 9.90 Å². The van der Waals surface area contributed by atoms with Crippen LogP contribution in [0, 0.1) is 5.92 Å². The van der Waals surface area contributed by atoms with Gasteiger partial charge in [-0.1, -0.05) is 0 Å². The molecule has 138 valence electrons. The maximum absolute atomic E-state index is 12.2. The molecule has 0 aromatic heterocycles. The van der Waals surface area contributed by atoms with Crippen molar-refractivity contribution in [1.29, 1.82) is 0 Å². The van der Waals surface area contributed by atoms with E-state index in [1.807, 2.05) is 20.8 Å². The quantitative estimate of drug-likeness (QED) is 0.901. The van der Waals surface area contributed by atoms with Gasteiger partial charge in [-0.05, 0) is 39.3 Å². The number of carbonyl (C=O) groups excluding carboxylic acids is 1. The van der Waals surface area contributed by atoms with Gasteiger partial charge in [0.1, 0.15) is 11.4 Å². The zero-order valence-corrected chi connectivity index (χ0v) is 14.9. The van der Waals surface area contributed by atoms with Crippen LogP contribution in [-0.2, 0) is 4.74 Å². The SMILES string of the molecule is CC(C)(C)OC(=O)N1CC[C@H](O)[C@H](COc2ccc3c(c2)OCO3)C1. The standard InChI is InChI=1S/C18H25NO6/c1-18(2,3)25-17(21)19-7-6-14(20)12(9-19)10-22-13-4-5-15-16(8-13)24-11-23-15/h4-5,8,12,14,20H,6-7,9-11H2,1-3H3/t12-,14-/m0/s1. The van der Waals surface area contributed by atoms with E-state index in [1.165, 1.54) is 0 Å². The lowest BCUT2D eigenvalue weighted by molar-refractivity contribution is -0.0177. The molecule has 0 spiro atoms. The van der Waals surface area contributed by atoms with Crippen LogP contribution in [0.5, 0.6) is 17.2 Å². The van der Waals surface area contributed by atoms with Gasteiger partial charge in [0.15, 0.2) is 11.5 Å². The maximum atomic E-state index is 12.2. The van der Waals surface area contributed by atoms with E-state index in [1.54, 1.807) is 23.1 Å². The zero-order valence-electron chi connectivity index (χ0n) is 14.9. The molecule has 0 aliphatic carbocycles. The minimum atomic E-state index is -0.536. The molecule has 2 aliphatic rings.